The summed E-state index contributed by atoms with van der Waals surface area (Å²) in [6, 6.07) is -1.22. The van der Waals surface area contributed by atoms with E-state index in [1.165, 1.54) is 4.90 Å². The van der Waals surface area contributed by atoms with Crippen molar-refractivity contribution < 1.29 is 29.1 Å². The third kappa shape index (κ3) is 5.31. The summed E-state index contributed by atoms with van der Waals surface area (Å²) >= 11 is 0. The van der Waals surface area contributed by atoms with Gasteiger partial charge in [-0.2, -0.15) is 0 Å². The Balaban J connectivity index is 2.03. The highest BCUT2D eigenvalue weighted by atomic mass is 16.5. The summed E-state index contributed by atoms with van der Waals surface area (Å²) in [4.78, 5) is 25.2. The largest absolute Gasteiger partial charge is 0.486 e. The molecule has 10 heteroatoms. The van der Waals surface area contributed by atoms with Crippen LogP contribution in [-0.4, -0.2) is 71.9 Å². The van der Waals surface area contributed by atoms with E-state index in [0.717, 1.165) is 0 Å². The summed E-state index contributed by atoms with van der Waals surface area (Å²) in [5, 5.41) is 19.1. The van der Waals surface area contributed by atoms with E-state index in [1.807, 2.05) is 6.08 Å². The van der Waals surface area contributed by atoms with Gasteiger partial charge in [-0.25, -0.2) is 4.79 Å². The fraction of sp³-hybridized carbons (Fsp3) is 0.625. The van der Waals surface area contributed by atoms with Gasteiger partial charge in [-0.1, -0.05) is 12.5 Å². The summed E-state index contributed by atoms with van der Waals surface area (Å²) in [6.07, 6.45) is 4.91. The van der Waals surface area contributed by atoms with Crippen LogP contribution >= 0.6 is 0 Å². The third-order valence-corrected chi connectivity index (χ3v) is 4.37. The minimum atomic E-state index is -1.18. The molecule has 1 saturated heterocycles. The van der Waals surface area contributed by atoms with Crippen LogP contribution in [0.25, 0.3) is 0 Å². The lowest BCUT2D eigenvalue weighted by atomic mass is 9.82. The van der Waals surface area contributed by atoms with Crippen LogP contribution in [0.2, 0.25) is 6.32 Å². The molecule has 0 aromatic heterocycles. The van der Waals surface area contributed by atoms with Crippen molar-refractivity contribution in [3.63, 3.8) is 0 Å². The number of carbonyl (C=O) groups excluding carboxylic acids is 1. The number of aliphatic carboxylic acids is 1. The number of hydrogen-bond acceptors (Lipinski definition) is 7. The second-order valence-electron chi connectivity index (χ2n) is 6.61. The molecule has 0 bridgehead atoms. The minimum Gasteiger partial charge on any atom is -0.486 e. The summed E-state index contributed by atoms with van der Waals surface area (Å²) in [7, 11) is -1.01. The van der Waals surface area contributed by atoms with E-state index in [-0.39, 0.29) is 30.0 Å². The van der Waals surface area contributed by atoms with Crippen molar-refractivity contribution in [1.29, 1.82) is 0 Å². The number of carbonyl (C=O) groups is 2. The van der Waals surface area contributed by atoms with Crippen molar-refractivity contribution in [3.8, 4) is 0 Å². The van der Waals surface area contributed by atoms with Crippen LogP contribution in [-0.2, 0) is 19.0 Å². The maximum absolute atomic E-state index is 12.1. The zero-order valence-corrected chi connectivity index (χ0v) is 14.8. The van der Waals surface area contributed by atoms with Gasteiger partial charge < -0.3 is 35.9 Å². The molecule has 0 aromatic carbocycles. The SMILES string of the molecule is CC(N)C(N)C(=O)N1CC(OC2=C(\C(=O)O)COB(O)CCC/C=C\2)C1. The van der Waals surface area contributed by atoms with Crippen LogP contribution in [0.3, 0.4) is 0 Å². The lowest BCUT2D eigenvalue weighted by molar-refractivity contribution is -0.144. The molecule has 2 aliphatic rings. The number of allylic oxidation sites excluding steroid dienone is 2. The molecule has 0 radical (unpaired) electrons. The smallest absolute Gasteiger partial charge is 0.454 e. The molecule has 0 aliphatic carbocycles. The van der Waals surface area contributed by atoms with E-state index in [9.17, 15) is 19.7 Å². The second-order valence-corrected chi connectivity index (χ2v) is 6.61. The number of nitrogens with two attached hydrogens (primary N) is 2. The maximum Gasteiger partial charge on any atom is 0.454 e. The van der Waals surface area contributed by atoms with Crippen LogP contribution in [0.5, 0.6) is 0 Å². The van der Waals surface area contributed by atoms with Gasteiger partial charge in [0.05, 0.1) is 25.7 Å². The number of nitrogens with zero attached hydrogens (tertiary/aromatic N) is 1. The normalized spacial score (nSPS) is 25.8. The molecule has 144 valence electrons. The Hall–Kier alpha value is -1.88. The van der Waals surface area contributed by atoms with Crippen molar-refractivity contribution in [2.75, 3.05) is 19.7 Å². The second kappa shape index (κ2) is 9.18. The number of ether oxygens (including phenoxy) is 1. The van der Waals surface area contributed by atoms with Crippen molar-refractivity contribution in [3.05, 3.63) is 23.5 Å². The number of carboxylic acids is 1. The molecule has 9 nitrogen and oxygen atoms in total. The van der Waals surface area contributed by atoms with Gasteiger partial charge in [0.25, 0.3) is 0 Å². The predicted molar refractivity (Wildman–Crippen MR) is 94.8 cm³/mol. The van der Waals surface area contributed by atoms with Gasteiger partial charge in [-0.15, -0.1) is 0 Å². The fourth-order valence-electron chi connectivity index (χ4n) is 2.62. The molecule has 2 rings (SSSR count). The molecule has 2 unspecified atom stereocenters. The van der Waals surface area contributed by atoms with Gasteiger partial charge >= 0.3 is 13.1 Å². The molecule has 1 fully saturated rings. The van der Waals surface area contributed by atoms with Gasteiger partial charge in [0.1, 0.15) is 17.4 Å². The highest BCUT2D eigenvalue weighted by Gasteiger charge is 2.36. The molecule has 2 aliphatic heterocycles. The van der Waals surface area contributed by atoms with Crippen LogP contribution in [0.15, 0.2) is 23.5 Å². The first kappa shape index (κ1) is 20.4. The van der Waals surface area contributed by atoms with E-state index < -0.39 is 25.2 Å². The van der Waals surface area contributed by atoms with E-state index in [4.69, 9.17) is 20.9 Å². The quantitative estimate of drug-likeness (QED) is 0.456. The van der Waals surface area contributed by atoms with Gasteiger partial charge in [-0.3, -0.25) is 4.79 Å². The van der Waals surface area contributed by atoms with E-state index in [0.29, 0.717) is 32.3 Å². The van der Waals surface area contributed by atoms with Crippen molar-refractivity contribution >= 4 is 19.0 Å². The number of hydrogen-bond donors (Lipinski definition) is 4. The van der Waals surface area contributed by atoms with E-state index >= 15 is 0 Å². The molecule has 0 saturated carbocycles. The molecular weight excluding hydrogens is 341 g/mol. The van der Waals surface area contributed by atoms with Crippen LogP contribution in [0.1, 0.15) is 19.8 Å². The first-order chi connectivity index (χ1) is 12.3. The summed E-state index contributed by atoms with van der Waals surface area (Å²) < 4.78 is 11.0. The molecule has 1 amide bonds. The molecule has 26 heavy (non-hydrogen) atoms. The Labute approximate surface area is 152 Å². The van der Waals surface area contributed by atoms with E-state index in [2.05, 4.69) is 0 Å². The number of amides is 1. The summed E-state index contributed by atoms with van der Waals surface area (Å²) in [5.41, 5.74) is 11.3. The third-order valence-electron chi connectivity index (χ3n) is 4.37. The number of carboxylic acid groups (broad SMARTS) is 1. The molecule has 0 spiro atoms. The van der Waals surface area contributed by atoms with E-state index in [1.54, 1.807) is 13.0 Å². The predicted octanol–water partition coefficient (Wildman–Crippen LogP) is -0.926. The molecule has 0 aromatic rings. The highest BCUT2D eigenvalue weighted by molar-refractivity contribution is 6.42. The van der Waals surface area contributed by atoms with Gasteiger partial charge in [-0.05, 0) is 25.7 Å². The fourth-order valence-corrected chi connectivity index (χ4v) is 2.62. The average Bonchev–Trinajstić information content (AvgIpc) is 2.54. The van der Waals surface area contributed by atoms with Crippen molar-refractivity contribution in [2.45, 2.75) is 44.3 Å². The Morgan fingerprint density at radius 1 is 1.42 bits per heavy atom. The standard InChI is InChI=1S/C16H26BN3O6/c1-10(18)14(19)15(21)20-7-11(8-20)26-13-5-3-2-4-6-17(24)25-9-12(13)16(22)23/h3,5,10-11,14,24H,2,4,6-9,18-19H2,1H3,(H,22,23)/b5-3-,13-12-. The monoisotopic (exact) mass is 367 g/mol. The minimum absolute atomic E-state index is 0.0701. The Morgan fingerprint density at radius 2 is 2.12 bits per heavy atom. The zero-order chi connectivity index (χ0) is 19.3. The summed E-state index contributed by atoms with van der Waals surface area (Å²) in [6.45, 7) is 2.03. The maximum atomic E-state index is 12.1. The lowest BCUT2D eigenvalue weighted by Crippen LogP contribution is -2.61. The Kier molecular flexibility index (Phi) is 7.21. The lowest BCUT2D eigenvalue weighted by Gasteiger charge is -2.41. The van der Waals surface area contributed by atoms with Gasteiger partial charge in [0.2, 0.25) is 5.91 Å². The molecule has 6 N–H and O–H groups in total. The topological polar surface area (TPSA) is 148 Å². The van der Waals surface area contributed by atoms with Crippen molar-refractivity contribution in [1.82, 2.24) is 4.90 Å². The highest BCUT2D eigenvalue weighted by Crippen LogP contribution is 2.21. The number of likely N-dealkylation sites (tertiary alicyclic amines) is 1. The van der Waals surface area contributed by atoms with Crippen LogP contribution in [0.4, 0.5) is 0 Å². The Bertz CT molecular complexity index is 589. The van der Waals surface area contributed by atoms with Crippen LogP contribution < -0.4 is 11.5 Å². The van der Waals surface area contributed by atoms with Crippen molar-refractivity contribution in [2.24, 2.45) is 11.5 Å². The summed E-state index contributed by atoms with van der Waals surface area (Å²) in [5.74, 6) is -1.25. The average molecular weight is 367 g/mol. The van der Waals surface area contributed by atoms with Gasteiger partial charge in [0, 0.05) is 6.04 Å². The van der Waals surface area contributed by atoms with Gasteiger partial charge in [0.15, 0.2) is 0 Å². The Morgan fingerprint density at radius 3 is 2.73 bits per heavy atom. The first-order valence-corrected chi connectivity index (χ1v) is 8.68. The first-order valence-electron chi connectivity index (χ1n) is 8.68. The molecular formula is C16H26BN3O6. The number of rotatable bonds is 5. The molecule has 2 heterocycles. The molecule has 2 atom stereocenters. The zero-order valence-electron chi connectivity index (χ0n) is 14.8. The van der Waals surface area contributed by atoms with Crippen LogP contribution in [0, 0.1) is 0 Å².